The summed E-state index contributed by atoms with van der Waals surface area (Å²) in [7, 11) is 0. The number of benzene rings is 2. The zero-order chi connectivity index (χ0) is 16.1. The van der Waals surface area contributed by atoms with Crippen LogP contribution >= 0.6 is 11.6 Å². The van der Waals surface area contributed by atoms with Crippen molar-refractivity contribution in [2.24, 2.45) is 0 Å². The molecule has 0 fully saturated rings. The van der Waals surface area contributed by atoms with E-state index in [9.17, 15) is 9.18 Å². The summed E-state index contributed by atoms with van der Waals surface area (Å²) in [6.45, 7) is 4.18. The van der Waals surface area contributed by atoms with Crippen LogP contribution in [0, 0.1) is 19.7 Å². The lowest BCUT2D eigenvalue weighted by Crippen LogP contribution is -2.17. The molecule has 0 aliphatic carbocycles. The average molecular weight is 321 g/mol. The van der Waals surface area contributed by atoms with E-state index in [1.165, 1.54) is 6.07 Å². The van der Waals surface area contributed by atoms with Crippen LogP contribution in [-0.4, -0.2) is 12.5 Å². The van der Waals surface area contributed by atoms with Crippen molar-refractivity contribution in [1.29, 1.82) is 0 Å². The van der Waals surface area contributed by atoms with Crippen LogP contribution < -0.4 is 10.6 Å². The first-order chi connectivity index (χ1) is 10.5. The summed E-state index contributed by atoms with van der Waals surface area (Å²) in [5.41, 5.74) is 2.98. The predicted molar refractivity (Wildman–Crippen MR) is 89.1 cm³/mol. The Morgan fingerprint density at radius 1 is 1.23 bits per heavy atom. The smallest absolute Gasteiger partial charge is 0.226 e. The van der Waals surface area contributed by atoms with Gasteiger partial charge in [-0.1, -0.05) is 29.8 Å². The van der Waals surface area contributed by atoms with E-state index in [1.807, 2.05) is 26.0 Å². The van der Waals surface area contributed by atoms with Crippen molar-refractivity contribution in [3.8, 4) is 0 Å². The third-order valence-electron chi connectivity index (χ3n) is 3.24. The van der Waals surface area contributed by atoms with E-state index in [4.69, 9.17) is 11.6 Å². The molecule has 1 amide bonds. The fraction of sp³-hybridized carbons (Fsp3) is 0.235. The van der Waals surface area contributed by atoms with Crippen LogP contribution in [0.15, 0.2) is 36.4 Å². The number of carbonyl (C=O) groups excluding carboxylic acids is 1. The zero-order valence-electron chi connectivity index (χ0n) is 12.5. The summed E-state index contributed by atoms with van der Waals surface area (Å²) in [4.78, 5) is 12.0. The fourth-order valence-corrected chi connectivity index (χ4v) is 2.56. The van der Waals surface area contributed by atoms with Crippen LogP contribution in [0.25, 0.3) is 0 Å². The lowest BCUT2D eigenvalue weighted by molar-refractivity contribution is -0.115. The van der Waals surface area contributed by atoms with Gasteiger partial charge in [-0.2, -0.15) is 0 Å². The third kappa shape index (κ3) is 4.21. The molecule has 0 radical (unpaired) electrons. The molecule has 0 bridgehead atoms. The van der Waals surface area contributed by atoms with E-state index in [2.05, 4.69) is 10.6 Å². The molecule has 2 aromatic carbocycles. The maximum atomic E-state index is 13.4. The van der Waals surface area contributed by atoms with Crippen LogP contribution in [-0.2, 0) is 4.79 Å². The number of anilines is 2. The highest BCUT2D eigenvalue weighted by atomic mass is 35.5. The molecule has 0 aromatic heterocycles. The molecule has 0 unspecified atom stereocenters. The van der Waals surface area contributed by atoms with E-state index in [-0.39, 0.29) is 18.1 Å². The Hall–Kier alpha value is -2.07. The monoisotopic (exact) mass is 320 g/mol. The summed E-state index contributed by atoms with van der Waals surface area (Å²) in [6.07, 6.45) is 0.220. The van der Waals surface area contributed by atoms with E-state index >= 15 is 0 Å². The van der Waals surface area contributed by atoms with E-state index < -0.39 is 0 Å². The van der Waals surface area contributed by atoms with Gasteiger partial charge in [0.05, 0.1) is 16.4 Å². The van der Waals surface area contributed by atoms with Crippen molar-refractivity contribution in [2.45, 2.75) is 20.3 Å². The van der Waals surface area contributed by atoms with Gasteiger partial charge in [0.25, 0.3) is 0 Å². The fourth-order valence-electron chi connectivity index (χ4n) is 2.19. The van der Waals surface area contributed by atoms with Gasteiger partial charge in [0, 0.05) is 13.0 Å². The van der Waals surface area contributed by atoms with Crippen LogP contribution in [0.4, 0.5) is 15.8 Å². The Kier molecular flexibility index (Phi) is 5.39. The number of para-hydroxylation sites is 1. The van der Waals surface area contributed by atoms with Gasteiger partial charge in [0.2, 0.25) is 5.91 Å². The molecule has 0 heterocycles. The summed E-state index contributed by atoms with van der Waals surface area (Å²) < 4.78 is 13.4. The Bertz CT molecular complexity index is 665. The number of hydrogen-bond acceptors (Lipinski definition) is 2. The summed E-state index contributed by atoms with van der Waals surface area (Å²) in [6, 6.07) is 10.1. The molecule has 0 spiro atoms. The second kappa shape index (κ2) is 7.27. The minimum atomic E-state index is -0.333. The minimum Gasteiger partial charge on any atom is -0.382 e. The molecule has 2 rings (SSSR count). The van der Waals surface area contributed by atoms with Gasteiger partial charge >= 0.3 is 0 Å². The van der Waals surface area contributed by atoms with Crippen molar-refractivity contribution in [3.63, 3.8) is 0 Å². The van der Waals surface area contributed by atoms with Crippen LogP contribution in [0.2, 0.25) is 5.02 Å². The highest BCUT2D eigenvalue weighted by molar-refractivity contribution is 6.34. The maximum Gasteiger partial charge on any atom is 0.226 e. The Balaban J connectivity index is 1.90. The molecule has 116 valence electrons. The van der Waals surface area contributed by atoms with Crippen molar-refractivity contribution < 1.29 is 9.18 Å². The first-order valence-electron chi connectivity index (χ1n) is 7.02. The van der Waals surface area contributed by atoms with Crippen molar-refractivity contribution in [1.82, 2.24) is 0 Å². The van der Waals surface area contributed by atoms with Gasteiger partial charge in [0.1, 0.15) is 5.82 Å². The van der Waals surface area contributed by atoms with Crippen LogP contribution in [0.1, 0.15) is 17.5 Å². The van der Waals surface area contributed by atoms with Crippen molar-refractivity contribution in [3.05, 3.63) is 58.4 Å². The van der Waals surface area contributed by atoms with Gasteiger partial charge in [0.15, 0.2) is 0 Å². The van der Waals surface area contributed by atoms with Gasteiger partial charge in [-0.3, -0.25) is 4.79 Å². The van der Waals surface area contributed by atoms with E-state index in [1.54, 1.807) is 18.2 Å². The molecule has 0 aliphatic rings. The quantitative estimate of drug-likeness (QED) is 0.849. The molecule has 5 heteroatoms. The Morgan fingerprint density at radius 2 is 1.95 bits per heavy atom. The number of halogens is 2. The molecular weight excluding hydrogens is 303 g/mol. The molecular formula is C17H18ClFN2O. The standard InChI is InChI=1S/C17H18ClFN2O/c1-11-9-12(2)17(13(18)10-11)21-16(22)7-8-20-15-6-4-3-5-14(15)19/h3-6,9-10,20H,7-8H2,1-2H3,(H,21,22). The third-order valence-corrected chi connectivity index (χ3v) is 3.54. The SMILES string of the molecule is Cc1cc(C)c(NC(=O)CCNc2ccccc2F)c(Cl)c1. The molecule has 0 saturated heterocycles. The normalized spacial score (nSPS) is 10.4. The number of hydrogen-bond donors (Lipinski definition) is 2. The second-order valence-corrected chi connectivity index (χ2v) is 5.55. The molecule has 0 atom stereocenters. The Labute approximate surface area is 134 Å². The summed E-state index contributed by atoms with van der Waals surface area (Å²) in [5.74, 6) is -0.502. The number of amides is 1. The minimum absolute atomic E-state index is 0.169. The molecule has 2 N–H and O–H groups in total. The molecule has 22 heavy (non-hydrogen) atoms. The van der Waals surface area contributed by atoms with Gasteiger partial charge in [-0.15, -0.1) is 0 Å². The zero-order valence-corrected chi connectivity index (χ0v) is 13.3. The van der Waals surface area contributed by atoms with E-state index in [0.717, 1.165) is 11.1 Å². The molecule has 0 aliphatic heterocycles. The molecule has 2 aromatic rings. The maximum absolute atomic E-state index is 13.4. The predicted octanol–water partition coefficient (Wildman–Crippen LogP) is 4.54. The number of rotatable bonds is 5. The summed E-state index contributed by atoms with van der Waals surface area (Å²) in [5, 5.41) is 6.22. The first-order valence-corrected chi connectivity index (χ1v) is 7.40. The lowest BCUT2D eigenvalue weighted by atomic mass is 10.1. The van der Waals surface area contributed by atoms with Crippen LogP contribution in [0.5, 0.6) is 0 Å². The van der Waals surface area contributed by atoms with Gasteiger partial charge in [-0.05, 0) is 43.2 Å². The highest BCUT2D eigenvalue weighted by Crippen LogP contribution is 2.27. The molecule has 3 nitrogen and oxygen atoms in total. The number of nitrogens with one attached hydrogen (secondary N) is 2. The topological polar surface area (TPSA) is 41.1 Å². The van der Waals surface area contributed by atoms with Gasteiger partial charge < -0.3 is 10.6 Å². The van der Waals surface area contributed by atoms with Gasteiger partial charge in [-0.25, -0.2) is 4.39 Å². The van der Waals surface area contributed by atoms with Crippen molar-refractivity contribution in [2.75, 3.05) is 17.2 Å². The average Bonchev–Trinajstić information content (AvgIpc) is 2.45. The van der Waals surface area contributed by atoms with E-state index in [0.29, 0.717) is 22.9 Å². The largest absolute Gasteiger partial charge is 0.382 e. The second-order valence-electron chi connectivity index (χ2n) is 5.14. The first kappa shape index (κ1) is 16.3. The number of carbonyl (C=O) groups is 1. The number of aryl methyl sites for hydroxylation is 2. The Morgan fingerprint density at radius 3 is 2.64 bits per heavy atom. The van der Waals surface area contributed by atoms with Crippen LogP contribution in [0.3, 0.4) is 0 Å². The summed E-state index contributed by atoms with van der Waals surface area (Å²) >= 11 is 6.15. The highest BCUT2D eigenvalue weighted by Gasteiger charge is 2.09. The molecule has 0 saturated carbocycles. The van der Waals surface area contributed by atoms with Crippen molar-refractivity contribution >= 4 is 28.9 Å². The lowest BCUT2D eigenvalue weighted by Gasteiger charge is -2.12.